The Morgan fingerprint density at radius 1 is 1.29 bits per heavy atom. The topological polar surface area (TPSA) is 35.5 Å². The molecule has 1 aromatic heterocycles. The predicted octanol–water partition coefficient (Wildman–Crippen LogP) is 4.11. The van der Waals surface area contributed by atoms with Crippen LogP contribution < -0.4 is 4.74 Å². The number of thiophene rings is 1. The van der Waals surface area contributed by atoms with Crippen LogP contribution in [0.25, 0.3) is 0 Å². The van der Waals surface area contributed by atoms with Gasteiger partial charge in [0, 0.05) is 22.4 Å². The molecule has 0 fully saturated rings. The highest BCUT2D eigenvalue weighted by atomic mass is 32.1. The van der Waals surface area contributed by atoms with Gasteiger partial charge in [-0.25, -0.2) is 0 Å². The highest BCUT2D eigenvalue weighted by molar-refractivity contribution is 7.09. The minimum Gasteiger partial charge on any atom is -0.494 e. The summed E-state index contributed by atoms with van der Waals surface area (Å²) in [5.41, 5.74) is 1.62. The first-order valence-corrected chi connectivity index (χ1v) is 7.95. The molecule has 0 bridgehead atoms. The van der Waals surface area contributed by atoms with Crippen LogP contribution in [0.2, 0.25) is 0 Å². The number of carbonyl (C=O) groups excluding carboxylic acids is 1. The first-order chi connectivity index (χ1) is 10.2. The molecule has 3 nitrogen and oxygen atoms in total. The van der Waals surface area contributed by atoms with Crippen molar-refractivity contribution in [2.75, 3.05) is 13.2 Å². The summed E-state index contributed by atoms with van der Waals surface area (Å²) < 4.78 is 11.3. The standard InChI is InChI=1S/C17H20O3S/c1-3-20-17-7-6-14(13(2)18)11-15(17)12-19-9-8-16-5-4-10-21-16/h4-7,10-11H,3,8-9,12H2,1-2H3. The molecule has 0 atom stereocenters. The number of carbonyl (C=O) groups is 1. The van der Waals surface area contributed by atoms with Gasteiger partial charge >= 0.3 is 0 Å². The predicted molar refractivity (Wildman–Crippen MR) is 85.3 cm³/mol. The zero-order valence-electron chi connectivity index (χ0n) is 12.4. The summed E-state index contributed by atoms with van der Waals surface area (Å²) in [5.74, 6) is 0.844. The van der Waals surface area contributed by atoms with Crippen LogP contribution in [0.5, 0.6) is 5.75 Å². The van der Waals surface area contributed by atoms with Gasteiger partial charge in [0.25, 0.3) is 0 Å². The molecule has 0 saturated carbocycles. The number of hydrogen-bond acceptors (Lipinski definition) is 4. The Labute approximate surface area is 129 Å². The monoisotopic (exact) mass is 304 g/mol. The summed E-state index contributed by atoms with van der Waals surface area (Å²) in [6, 6.07) is 9.65. The van der Waals surface area contributed by atoms with Crippen LogP contribution in [0.15, 0.2) is 35.7 Å². The smallest absolute Gasteiger partial charge is 0.159 e. The van der Waals surface area contributed by atoms with E-state index in [1.807, 2.05) is 25.1 Å². The van der Waals surface area contributed by atoms with Gasteiger partial charge in [0.05, 0.1) is 19.8 Å². The van der Waals surface area contributed by atoms with Crippen molar-refractivity contribution in [1.82, 2.24) is 0 Å². The molecule has 1 aromatic carbocycles. The SMILES string of the molecule is CCOc1ccc(C(C)=O)cc1COCCc1cccs1. The Morgan fingerprint density at radius 3 is 2.81 bits per heavy atom. The maximum Gasteiger partial charge on any atom is 0.159 e. The fourth-order valence-electron chi connectivity index (χ4n) is 2.02. The zero-order chi connectivity index (χ0) is 15.1. The quantitative estimate of drug-likeness (QED) is 0.544. The van der Waals surface area contributed by atoms with Crippen molar-refractivity contribution in [1.29, 1.82) is 0 Å². The average Bonchev–Trinajstić information content (AvgIpc) is 2.98. The molecule has 0 spiro atoms. The number of hydrogen-bond donors (Lipinski definition) is 0. The van der Waals surface area contributed by atoms with Gasteiger partial charge in [0.15, 0.2) is 5.78 Å². The molecule has 0 N–H and O–H groups in total. The minimum atomic E-state index is 0.0536. The first kappa shape index (κ1) is 15.7. The van der Waals surface area contributed by atoms with Gasteiger partial charge in [0.1, 0.15) is 5.75 Å². The van der Waals surface area contributed by atoms with Gasteiger partial charge < -0.3 is 9.47 Å². The Kier molecular flexibility index (Phi) is 5.96. The third kappa shape index (κ3) is 4.69. The van der Waals surface area contributed by atoms with E-state index >= 15 is 0 Å². The molecule has 2 aromatic rings. The first-order valence-electron chi connectivity index (χ1n) is 7.07. The molecule has 4 heteroatoms. The maximum atomic E-state index is 11.5. The second-order valence-corrected chi connectivity index (χ2v) is 5.73. The highest BCUT2D eigenvalue weighted by Gasteiger charge is 2.08. The Bertz CT molecular complexity index is 576. The number of ketones is 1. The molecule has 0 radical (unpaired) electrons. The Balaban J connectivity index is 1.95. The number of benzene rings is 1. The van der Waals surface area contributed by atoms with E-state index in [0.29, 0.717) is 25.4 Å². The number of ether oxygens (including phenoxy) is 2. The summed E-state index contributed by atoms with van der Waals surface area (Å²) in [5, 5.41) is 2.07. The molecule has 21 heavy (non-hydrogen) atoms. The summed E-state index contributed by atoms with van der Waals surface area (Å²) >= 11 is 1.74. The van der Waals surface area contributed by atoms with Crippen LogP contribution in [-0.4, -0.2) is 19.0 Å². The lowest BCUT2D eigenvalue weighted by atomic mass is 10.1. The molecule has 0 amide bonds. The lowest BCUT2D eigenvalue weighted by Crippen LogP contribution is -2.03. The van der Waals surface area contributed by atoms with Crippen LogP contribution in [0.3, 0.4) is 0 Å². The Hall–Kier alpha value is -1.65. The molecule has 0 saturated heterocycles. The van der Waals surface area contributed by atoms with Gasteiger partial charge in [-0.2, -0.15) is 0 Å². The van der Waals surface area contributed by atoms with E-state index in [2.05, 4.69) is 11.4 Å². The molecule has 112 valence electrons. The summed E-state index contributed by atoms with van der Waals surface area (Å²) in [6.07, 6.45) is 0.911. The van der Waals surface area contributed by atoms with E-state index in [1.165, 1.54) is 4.88 Å². The van der Waals surface area contributed by atoms with Crippen molar-refractivity contribution in [3.05, 3.63) is 51.7 Å². The molecular formula is C17H20O3S. The van der Waals surface area contributed by atoms with E-state index in [4.69, 9.17) is 9.47 Å². The molecule has 0 aliphatic heterocycles. The second-order valence-electron chi connectivity index (χ2n) is 4.69. The van der Waals surface area contributed by atoms with E-state index in [-0.39, 0.29) is 5.78 Å². The molecule has 1 heterocycles. The molecule has 0 unspecified atom stereocenters. The lowest BCUT2D eigenvalue weighted by Gasteiger charge is -2.12. The van der Waals surface area contributed by atoms with Gasteiger partial charge in [-0.1, -0.05) is 6.07 Å². The minimum absolute atomic E-state index is 0.0536. The van der Waals surface area contributed by atoms with E-state index in [1.54, 1.807) is 24.3 Å². The van der Waals surface area contributed by atoms with Crippen LogP contribution >= 0.6 is 11.3 Å². The zero-order valence-corrected chi connectivity index (χ0v) is 13.2. The van der Waals surface area contributed by atoms with Crippen molar-refractivity contribution in [2.24, 2.45) is 0 Å². The van der Waals surface area contributed by atoms with Crippen molar-refractivity contribution in [3.63, 3.8) is 0 Å². The second kappa shape index (κ2) is 7.96. The third-order valence-electron chi connectivity index (χ3n) is 3.10. The van der Waals surface area contributed by atoms with Crippen molar-refractivity contribution < 1.29 is 14.3 Å². The lowest BCUT2D eigenvalue weighted by molar-refractivity contribution is 0.101. The van der Waals surface area contributed by atoms with E-state index in [9.17, 15) is 4.79 Å². The number of rotatable bonds is 8. The summed E-state index contributed by atoms with van der Waals surface area (Å²) in [7, 11) is 0. The fraction of sp³-hybridized carbons (Fsp3) is 0.353. The van der Waals surface area contributed by atoms with Gasteiger partial charge in [-0.05, 0) is 43.5 Å². The van der Waals surface area contributed by atoms with Crippen LogP contribution in [-0.2, 0) is 17.8 Å². The molecular weight excluding hydrogens is 284 g/mol. The van der Waals surface area contributed by atoms with Crippen LogP contribution in [0, 0.1) is 0 Å². The average molecular weight is 304 g/mol. The van der Waals surface area contributed by atoms with Crippen molar-refractivity contribution in [3.8, 4) is 5.75 Å². The van der Waals surface area contributed by atoms with E-state index in [0.717, 1.165) is 17.7 Å². The van der Waals surface area contributed by atoms with Crippen molar-refractivity contribution in [2.45, 2.75) is 26.9 Å². The molecule has 0 aliphatic carbocycles. The van der Waals surface area contributed by atoms with E-state index < -0.39 is 0 Å². The van der Waals surface area contributed by atoms with Gasteiger partial charge in [0.2, 0.25) is 0 Å². The van der Waals surface area contributed by atoms with Crippen LogP contribution in [0.4, 0.5) is 0 Å². The Morgan fingerprint density at radius 2 is 2.14 bits per heavy atom. The third-order valence-corrected chi connectivity index (χ3v) is 4.03. The van der Waals surface area contributed by atoms with Crippen molar-refractivity contribution >= 4 is 17.1 Å². The van der Waals surface area contributed by atoms with Gasteiger partial charge in [-0.15, -0.1) is 11.3 Å². The highest BCUT2D eigenvalue weighted by Crippen LogP contribution is 2.22. The largest absolute Gasteiger partial charge is 0.494 e. The summed E-state index contributed by atoms with van der Waals surface area (Å²) in [6.45, 7) is 5.23. The maximum absolute atomic E-state index is 11.5. The normalized spacial score (nSPS) is 10.6. The van der Waals surface area contributed by atoms with Gasteiger partial charge in [-0.3, -0.25) is 4.79 Å². The molecule has 0 aliphatic rings. The van der Waals surface area contributed by atoms with Crippen LogP contribution in [0.1, 0.15) is 34.6 Å². The number of Topliss-reactive ketones (excluding diaryl/α,β-unsaturated/α-hetero) is 1. The fourth-order valence-corrected chi connectivity index (χ4v) is 2.71. The molecule has 2 rings (SSSR count). The summed E-state index contributed by atoms with van der Waals surface area (Å²) in [4.78, 5) is 12.8.